The Morgan fingerprint density at radius 1 is 1.25 bits per heavy atom. The summed E-state index contributed by atoms with van der Waals surface area (Å²) in [7, 11) is 0. The van der Waals surface area contributed by atoms with Crippen LogP contribution in [-0.4, -0.2) is 11.5 Å². The van der Waals surface area contributed by atoms with E-state index in [2.05, 4.69) is 10.3 Å². The van der Waals surface area contributed by atoms with Crippen molar-refractivity contribution in [2.45, 2.75) is 25.8 Å². The number of nitrogens with one attached hydrogen (secondary N) is 1. The summed E-state index contributed by atoms with van der Waals surface area (Å²) >= 11 is 0. The summed E-state index contributed by atoms with van der Waals surface area (Å²) in [6.45, 7) is 2.79. The summed E-state index contributed by atoms with van der Waals surface area (Å²) in [6, 6.07) is 7.10. The first-order valence-corrected chi connectivity index (χ1v) is 6.78. The molecule has 1 heterocycles. The van der Waals surface area contributed by atoms with Crippen LogP contribution in [0.1, 0.15) is 30.5 Å². The fraction of sp³-hybridized carbons (Fsp3) is 0.312. The van der Waals surface area contributed by atoms with Crippen molar-refractivity contribution in [3.05, 3.63) is 65.5 Å². The summed E-state index contributed by atoms with van der Waals surface area (Å²) < 4.78 is 27.3. The number of hydrogen-bond acceptors (Lipinski definition) is 2. The van der Waals surface area contributed by atoms with Crippen LogP contribution in [0.25, 0.3) is 0 Å². The molecule has 1 aromatic carbocycles. The molecule has 1 N–H and O–H groups in total. The van der Waals surface area contributed by atoms with Gasteiger partial charge in [0.15, 0.2) is 0 Å². The van der Waals surface area contributed by atoms with Gasteiger partial charge in [0, 0.05) is 24.0 Å². The Kier molecular flexibility index (Phi) is 5.18. The van der Waals surface area contributed by atoms with E-state index in [4.69, 9.17) is 0 Å². The second-order valence-corrected chi connectivity index (χ2v) is 4.74. The highest BCUT2D eigenvalue weighted by atomic mass is 19.1. The predicted octanol–water partition coefficient (Wildman–Crippen LogP) is 3.64. The lowest BCUT2D eigenvalue weighted by molar-refractivity contribution is 0.490. The molecule has 0 bridgehead atoms. The molecule has 0 aliphatic rings. The van der Waals surface area contributed by atoms with E-state index in [0.717, 1.165) is 24.6 Å². The molecule has 20 heavy (non-hydrogen) atoms. The molecule has 1 atom stereocenters. The van der Waals surface area contributed by atoms with Gasteiger partial charge >= 0.3 is 0 Å². The summed E-state index contributed by atoms with van der Waals surface area (Å²) in [5, 5.41) is 3.27. The van der Waals surface area contributed by atoms with E-state index in [9.17, 15) is 8.78 Å². The number of aromatic nitrogens is 1. The molecule has 106 valence electrons. The Balaban J connectivity index is 2.24. The van der Waals surface area contributed by atoms with Crippen LogP contribution >= 0.6 is 0 Å². The minimum Gasteiger partial charge on any atom is -0.310 e. The molecule has 1 unspecified atom stereocenters. The minimum absolute atomic E-state index is 0.255. The Bertz CT molecular complexity index is 543. The zero-order chi connectivity index (χ0) is 14.4. The molecule has 0 amide bonds. The van der Waals surface area contributed by atoms with Crippen LogP contribution in [0.3, 0.4) is 0 Å². The third kappa shape index (κ3) is 3.84. The Labute approximate surface area is 117 Å². The van der Waals surface area contributed by atoms with Crippen molar-refractivity contribution in [2.75, 3.05) is 6.54 Å². The van der Waals surface area contributed by atoms with Gasteiger partial charge in [0.2, 0.25) is 0 Å². The van der Waals surface area contributed by atoms with Crippen LogP contribution < -0.4 is 5.32 Å². The standard InChI is InChI=1S/C16H18F2N2/c1-2-7-20-16(9-12-4-3-8-19-11-12)14-10-13(17)5-6-15(14)18/h3-6,8,10-11,16,20H,2,7,9H2,1H3. The Morgan fingerprint density at radius 3 is 2.80 bits per heavy atom. The molecular weight excluding hydrogens is 258 g/mol. The van der Waals surface area contributed by atoms with Gasteiger partial charge in [-0.25, -0.2) is 8.78 Å². The predicted molar refractivity (Wildman–Crippen MR) is 75.3 cm³/mol. The molecular formula is C16H18F2N2. The number of hydrogen-bond donors (Lipinski definition) is 1. The maximum Gasteiger partial charge on any atom is 0.128 e. The van der Waals surface area contributed by atoms with Crippen molar-refractivity contribution < 1.29 is 8.78 Å². The highest BCUT2D eigenvalue weighted by molar-refractivity contribution is 5.25. The molecule has 2 rings (SSSR count). The van der Waals surface area contributed by atoms with Gasteiger partial charge in [-0.2, -0.15) is 0 Å². The largest absolute Gasteiger partial charge is 0.310 e. The summed E-state index contributed by atoms with van der Waals surface area (Å²) in [6.07, 6.45) is 4.95. The van der Waals surface area contributed by atoms with Crippen LogP contribution in [0.15, 0.2) is 42.7 Å². The monoisotopic (exact) mass is 276 g/mol. The van der Waals surface area contributed by atoms with Gasteiger partial charge in [-0.05, 0) is 49.2 Å². The summed E-state index contributed by atoms with van der Waals surface area (Å²) in [4.78, 5) is 4.06. The van der Waals surface area contributed by atoms with Gasteiger partial charge in [-0.1, -0.05) is 13.0 Å². The van der Waals surface area contributed by atoms with Crippen LogP contribution in [0.4, 0.5) is 8.78 Å². The second kappa shape index (κ2) is 7.10. The van der Waals surface area contributed by atoms with Crippen LogP contribution in [0, 0.1) is 11.6 Å². The Morgan fingerprint density at radius 2 is 2.10 bits per heavy atom. The molecule has 0 saturated heterocycles. The highest BCUT2D eigenvalue weighted by Gasteiger charge is 2.16. The number of halogens is 2. The van der Waals surface area contributed by atoms with E-state index in [-0.39, 0.29) is 11.9 Å². The maximum atomic E-state index is 13.9. The van der Waals surface area contributed by atoms with Crippen molar-refractivity contribution in [1.82, 2.24) is 10.3 Å². The molecule has 2 aromatic rings. The zero-order valence-corrected chi connectivity index (χ0v) is 11.4. The summed E-state index contributed by atoms with van der Waals surface area (Å²) in [5.74, 6) is -0.806. The van der Waals surface area contributed by atoms with Crippen molar-refractivity contribution in [3.63, 3.8) is 0 Å². The van der Waals surface area contributed by atoms with Crippen molar-refractivity contribution in [1.29, 1.82) is 0 Å². The van der Waals surface area contributed by atoms with Gasteiger partial charge < -0.3 is 5.32 Å². The fourth-order valence-electron chi connectivity index (χ4n) is 2.15. The average molecular weight is 276 g/mol. The third-order valence-electron chi connectivity index (χ3n) is 3.14. The normalized spacial score (nSPS) is 12.3. The fourth-order valence-corrected chi connectivity index (χ4v) is 2.15. The second-order valence-electron chi connectivity index (χ2n) is 4.74. The molecule has 0 spiro atoms. The molecule has 0 saturated carbocycles. The van der Waals surface area contributed by atoms with Gasteiger partial charge in [0.05, 0.1) is 0 Å². The molecule has 0 fully saturated rings. The third-order valence-corrected chi connectivity index (χ3v) is 3.14. The molecule has 0 aliphatic carbocycles. The smallest absolute Gasteiger partial charge is 0.128 e. The highest BCUT2D eigenvalue weighted by Crippen LogP contribution is 2.22. The number of rotatable bonds is 6. The SMILES string of the molecule is CCCNC(Cc1cccnc1)c1cc(F)ccc1F. The van der Waals surface area contributed by atoms with E-state index in [1.807, 2.05) is 19.1 Å². The van der Waals surface area contributed by atoms with E-state index in [1.165, 1.54) is 12.1 Å². The van der Waals surface area contributed by atoms with E-state index >= 15 is 0 Å². The van der Waals surface area contributed by atoms with Crippen LogP contribution in [0.5, 0.6) is 0 Å². The van der Waals surface area contributed by atoms with Crippen LogP contribution in [-0.2, 0) is 6.42 Å². The molecule has 0 radical (unpaired) electrons. The van der Waals surface area contributed by atoms with E-state index in [1.54, 1.807) is 12.4 Å². The molecule has 2 nitrogen and oxygen atoms in total. The van der Waals surface area contributed by atoms with Gasteiger partial charge in [-0.3, -0.25) is 4.98 Å². The van der Waals surface area contributed by atoms with Crippen LogP contribution in [0.2, 0.25) is 0 Å². The maximum absolute atomic E-state index is 13.9. The minimum atomic E-state index is -0.420. The van der Waals surface area contributed by atoms with Crippen molar-refractivity contribution in [2.24, 2.45) is 0 Å². The van der Waals surface area contributed by atoms with Crippen molar-refractivity contribution >= 4 is 0 Å². The van der Waals surface area contributed by atoms with Crippen molar-refractivity contribution in [3.8, 4) is 0 Å². The molecule has 1 aromatic heterocycles. The van der Waals surface area contributed by atoms with E-state index in [0.29, 0.717) is 12.0 Å². The molecule has 0 aliphatic heterocycles. The topological polar surface area (TPSA) is 24.9 Å². The van der Waals surface area contributed by atoms with Gasteiger partial charge in [0.25, 0.3) is 0 Å². The lowest BCUT2D eigenvalue weighted by Crippen LogP contribution is -2.25. The quantitative estimate of drug-likeness (QED) is 0.871. The Hall–Kier alpha value is -1.81. The lowest BCUT2D eigenvalue weighted by Gasteiger charge is -2.19. The zero-order valence-electron chi connectivity index (χ0n) is 11.4. The molecule has 4 heteroatoms. The first kappa shape index (κ1) is 14.6. The number of pyridine rings is 1. The van der Waals surface area contributed by atoms with Gasteiger partial charge in [0.1, 0.15) is 11.6 Å². The number of nitrogens with zero attached hydrogens (tertiary/aromatic N) is 1. The first-order chi connectivity index (χ1) is 9.70. The average Bonchev–Trinajstić information content (AvgIpc) is 2.47. The first-order valence-electron chi connectivity index (χ1n) is 6.78. The van der Waals surface area contributed by atoms with Gasteiger partial charge in [-0.15, -0.1) is 0 Å². The number of benzene rings is 1. The summed E-state index contributed by atoms with van der Waals surface area (Å²) in [5.41, 5.74) is 1.35. The van der Waals surface area contributed by atoms with E-state index < -0.39 is 5.82 Å². The lowest BCUT2D eigenvalue weighted by atomic mass is 9.99.